The molecule has 1 rings (SSSR count). The van der Waals surface area contributed by atoms with Crippen LogP contribution >= 0.6 is 0 Å². The number of nitrogens with zero attached hydrogens (tertiary/aromatic N) is 2. The minimum Gasteiger partial charge on any atom is -0.481 e. The summed E-state index contributed by atoms with van der Waals surface area (Å²) < 4.78 is 33.8. The zero-order valence-electron chi connectivity index (χ0n) is 20.8. The highest BCUT2D eigenvalue weighted by Crippen LogP contribution is 2.33. The van der Waals surface area contributed by atoms with E-state index < -0.39 is 17.6 Å². The van der Waals surface area contributed by atoms with Crippen LogP contribution in [0, 0.1) is 17.2 Å². The van der Waals surface area contributed by atoms with Gasteiger partial charge in [-0.25, -0.2) is 8.78 Å². The van der Waals surface area contributed by atoms with Gasteiger partial charge in [0, 0.05) is 19.0 Å². The van der Waals surface area contributed by atoms with Crippen LogP contribution in [-0.4, -0.2) is 43.6 Å². The number of benzene rings is 1. The number of likely N-dealkylation sites (N-methyl/N-ethyl adjacent to an activating group) is 1. The van der Waals surface area contributed by atoms with Gasteiger partial charge in [-0.05, 0) is 63.6 Å². The van der Waals surface area contributed by atoms with Crippen molar-refractivity contribution in [3.05, 3.63) is 53.1 Å². The summed E-state index contributed by atoms with van der Waals surface area (Å²) in [5.41, 5.74) is 0.553. The van der Waals surface area contributed by atoms with Crippen LogP contribution in [-0.2, 0) is 10.7 Å². The number of carbonyl (C=O) groups excluding carboxylic acids is 1. The molecule has 1 N–H and O–H groups in total. The molecule has 0 aliphatic heterocycles. The van der Waals surface area contributed by atoms with E-state index in [0.29, 0.717) is 13.0 Å². The second-order valence-electron chi connectivity index (χ2n) is 8.77. The van der Waals surface area contributed by atoms with Crippen LogP contribution in [0.15, 0.2) is 42.0 Å². The minimum absolute atomic E-state index is 0.0262. The molecule has 1 amide bonds. The number of nitriles is 1. The van der Waals surface area contributed by atoms with E-state index in [1.165, 1.54) is 12.1 Å². The highest BCUT2D eigenvalue weighted by Gasteiger charge is 2.30. The van der Waals surface area contributed by atoms with Gasteiger partial charge in [-0.1, -0.05) is 39.0 Å². The van der Waals surface area contributed by atoms with E-state index in [4.69, 9.17) is 10.00 Å². The van der Waals surface area contributed by atoms with Gasteiger partial charge in [0.2, 0.25) is 0 Å². The summed E-state index contributed by atoms with van der Waals surface area (Å²) in [6.07, 6.45) is 6.64. The topological polar surface area (TPSA) is 65.4 Å². The van der Waals surface area contributed by atoms with Crippen molar-refractivity contribution < 1.29 is 18.3 Å². The Bertz CT molecular complexity index is 881. The molecule has 0 saturated heterocycles. The molecular formula is C26H37F2N3O2. The Kier molecular flexibility index (Phi) is 11.2. The Balaban J connectivity index is 3.08. The van der Waals surface area contributed by atoms with Gasteiger partial charge >= 0.3 is 0 Å². The zero-order valence-corrected chi connectivity index (χ0v) is 20.8. The summed E-state index contributed by atoms with van der Waals surface area (Å²) in [5, 5.41) is 12.1. The first-order valence-electron chi connectivity index (χ1n) is 11.3. The van der Waals surface area contributed by atoms with Crippen LogP contribution in [0.3, 0.4) is 0 Å². The maximum absolute atomic E-state index is 14.0. The number of allylic oxidation sites excluding steroid dienone is 2. The van der Waals surface area contributed by atoms with E-state index in [9.17, 15) is 13.6 Å². The number of hydrogen-bond donors (Lipinski definition) is 1. The predicted molar refractivity (Wildman–Crippen MR) is 128 cm³/mol. The van der Waals surface area contributed by atoms with E-state index in [1.54, 1.807) is 6.07 Å². The minimum atomic E-state index is -3.20. The number of rotatable bonds is 12. The second kappa shape index (κ2) is 13.1. The molecule has 182 valence electrons. The maximum atomic E-state index is 14.0. The molecule has 7 heteroatoms. The molecule has 0 bridgehead atoms. The molecule has 0 aromatic heterocycles. The molecule has 1 aromatic carbocycles. The van der Waals surface area contributed by atoms with E-state index in [-0.39, 0.29) is 29.2 Å². The van der Waals surface area contributed by atoms with Crippen molar-refractivity contribution in [3.63, 3.8) is 0 Å². The average Bonchev–Trinajstić information content (AvgIpc) is 2.74. The van der Waals surface area contributed by atoms with Crippen molar-refractivity contribution in [2.75, 3.05) is 20.6 Å². The third-order valence-corrected chi connectivity index (χ3v) is 5.20. The molecule has 33 heavy (non-hydrogen) atoms. The van der Waals surface area contributed by atoms with Gasteiger partial charge in [-0.15, -0.1) is 0 Å². The first-order valence-corrected chi connectivity index (χ1v) is 11.3. The van der Waals surface area contributed by atoms with E-state index in [0.717, 1.165) is 25.0 Å². The van der Waals surface area contributed by atoms with Crippen molar-refractivity contribution in [2.24, 2.45) is 5.92 Å². The van der Waals surface area contributed by atoms with E-state index in [2.05, 4.69) is 24.4 Å². The second-order valence-corrected chi connectivity index (χ2v) is 8.77. The molecule has 0 radical (unpaired) electrons. The molecule has 0 spiro atoms. The third kappa shape index (κ3) is 8.97. The summed E-state index contributed by atoms with van der Waals surface area (Å²) in [6.45, 7) is 9.06. The van der Waals surface area contributed by atoms with Crippen molar-refractivity contribution in [1.82, 2.24) is 10.2 Å². The molecule has 1 aromatic rings. The summed E-state index contributed by atoms with van der Waals surface area (Å²) in [5.74, 6) is -3.22. The Morgan fingerprint density at radius 1 is 1.33 bits per heavy atom. The van der Waals surface area contributed by atoms with Gasteiger partial charge in [0.25, 0.3) is 11.8 Å². The zero-order chi connectivity index (χ0) is 25.2. The molecule has 5 nitrogen and oxygen atoms in total. The monoisotopic (exact) mass is 461 g/mol. The molecule has 0 fully saturated rings. The SMILES string of the molecule is C/C=C(\C=C/CC)C(CNC(=O)C(CC(C)C)Oc1ccc(C#N)c(C(C)(F)F)c1)N(C)C. The number of hydrogen-bond acceptors (Lipinski definition) is 4. The first-order chi connectivity index (χ1) is 15.4. The number of halogens is 2. The lowest BCUT2D eigenvalue weighted by molar-refractivity contribution is -0.128. The van der Waals surface area contributed by atoms with Crippen LogP contribution in [0.4, 0.5) is 8.78 Å². The smallest absolute Gasteiger partial charge is 0.271 e. The van der Waals surface area contributed by atoms with Crippen LogP contribution in [0.1, 0.15) is 58.6 Å². The number of alkyl halides is 2. The van der Waals surface area contributed by atoms with Gasteiger partial charge in [-0.2, -0.15) is 5.26 Å². The summed E-state index contributed by atoms with van der Waals surface area (Å²) in [6, 6.07) is 5.65. The average molecular weight is 462 g/mol. The fourth-order valence-electron chi connectivity index (χ4n) is 3.42. The van der Waals surface area contributed by atoms with Crippen LogP contribution in [0.5, 0.6) is 5.75 Å². The number of amides is 1. The van der Waals surface area contributed by atoms with Gasteiger partial charge in [0.1, 0.15) is 5.75 Å². The highest BCUT2D eigenvalue weighted by atomic mass is 19.3. The van der Waals surface area contributed by atoms with Crippen molar-refractivity contribution >= 4 is 5.91 Å². The van der Waals surface area contributed by atoms with Gasteiger partial charge < -0.3 is 15.0 Å². The van der Waals surface area contributed by atoms with Gasteiger partial charge in [0.15, 0.2) is 6.10 Å². The van der Waals surface area contributed by atoms with Crippen LogP contribution in [0.2, 0.25) is 0 Å². The van der Waals surface area contributed by atoms with E-state index in [1.807, 2.05) is 45.8 Å². The fraction of sp³-hybridized carbons (Fsp3) is 0.538. The lowest BCUT2D eigenvalue weighted by Gasteiger charge is -2.27. The highest BCUT2D eigenvalue weighted by molar-refractivity contribution is 5.81. The fourth-order valence-corrected chi connectivity index (χ4v) is 3.42. The van der Waals surface area contributed by atoms with Gasteiger partial charge in [0.05, 0.1) is 17.7 Å². The van der Waals surface area contributed by atoms with Crippen LogP contribution in [0.25, 0.3) is 0 Å². The molecule has 2 atom stereocenters. The molecule has 0 aliphatic carbocycles. The third-order valence-electron chi connectivity index (χ3n) is 5.20. The number of ether oxygens (including phenoxy) is 1. The van der Waals surface area contributed by atoms with Gasteiger partial charge in [-0.3, -0.25) is 4.79 Å². The number of carbonyl (C=O) groups is 1. The lowest BCUT2D eigenvalue weighted by atomic mass is 10.0. The molecule has 0 aliphatic rings. The largest absolute Gasteiger partial charge is 0.481 e. The summed E-state index contributed by atoms with van der Waals surface area (Å²) in [4.78, 5) is 15.1. The normalized spacial score (nSPS) is 14.4. The molecule has 0 heterocycles. The standard InChI is InChI=1S/C26H37F2N3O2/c1-8-10-11-19(9-2)23(31(6)7)17-30-25(32)24(14-18(3)4)33-21-13-12-20(16-29)22(15-21)26(5,27)28/h9-13,15,18,23-24H,8,14,17H2,1-7H3,(H,30,32)/b11-10-,19-9+. The molecular weight excluding hydrogens is 424 g/mol. The number of nitrogens with one attached hydrogen (secondary N) is 1. The summed E-state index contributed by atoms with van der Waals surface area (Å²) >= 11 is 0. The molecule has 0 saturated carbocycles. The predicted octanol–water partition coefficient (Wildman–Crippen LogP) is 5.42. The summed E-state index contributed by atoms with van der Waals surface area (Å²) in [7, 11) is 3.90. The Labute approximate surface area is 197 Å². The first kappa shape index (κ1) is 28.3. The Morgan fingerprint density at radius 3 is 2.48 bits per heavy atom. The van der Waals surface area contributed by atoms with Crippen molar-refractivity contribution in [2.45, 2.75) is 65.5 Å². The Morgan fingerprint density at radius 2 is 2.00 bits per heavy atom. The lowest BCUT2D eigenvalue weighted by Crippen LogP contribution is -2.46. The quantitative estimate of drug-likeness (QED) is 0.422. The van der Waals surface area contributed by atoms with Crippen molar-refractivity contribution in [1.29, 1.82) is 5.26 Å². The van der Waals surface area contributed by atoms with Crippen molar-refractivity contribution in [3.8, 4) is 11.8 Å². The van der Waals surface area contributed by atoms with E-state index >= 15 is 0 Å². The molecule has 2 unspecified atom stereocenters. The van der Waals surface area contributed by atoms with Crippen LogP contribution < -0.4 is 10.1 Å². The Hall–Kier alpha value is -2.72. The maximum Gasteiger partial charge on any atom is 0.271 e.